The number of rotatable bonds is 7. The summed E-state index contributed by atoms with van der Waals surface area (Å²) in [5.74, 6) is 3.19. The summed E-state index contributed by atoms with van der Waals surface area (Å²) in [5.41, 5.74) is 11.3. The SMILES string of the molecule is CC(C)(C)Nc1nc(-n2cccn2)nc(N)c1Br.NCCNc1nc(-n2cccn2)nc(-n2cccn2)c1Br. The van der Waals surface area contributed by atoms with Crippen molar-refractivity contribution in [2.45, 2.75) is 26.3 Å². The van der Waals surface area contributed by atoms with Gasteiger partial charge in [-0.1, -0.05) is 0 Å². The first-order valence-electron chi connectivity index (χ1n) is 11.8. The van der Waals surface area contributed by atoms with Gasteiger partial charge < -0.3 is 22.1 Å². The van der Waals surface area contributed by atoms with E-state index in [-0.39, 0.29) is 5.54 Å². The van der Waals surface area contributed by atoms with E-state index in [0.29, 0.717) is 52.7 Å². The molecule has 0 aromatic carbocycles. The molecular formula is C23H28Br2N14. The van der Waals surface area contributed by atoms with E-state index in [1.165, 1.54) is 0 Å². The number of nitrogens with zero attached hydrogens (tertiary/aromatic N) is 10. The molecule has 0 aliphatic carbocycles. The smallest absolute Gasteiger partial charge is 0.254 e. The molecule has 5 aromatic rings. The Balaban J connectivity index is 0.000000183. The second kappa shape index (κ2) is 12.3. The molecule has 0 spiro atoms. The van der Waals surface area contributed by atoms with E-state index in [2.05, 4.69) is 77.7 Å². The van der Waals surface area contributed by atoms with Crippen molar-refractivity contribution in [3.63, 3.8) is 0 Å². The highest BCUT2D eigenvalue weighted by Gasteiger charge is 2.17. The largest absolute Gasteiger partial charge is 0.383 e. The number of nitrogen functional groups attached to an aromatic ring is 1. The molecule has 14 nitrogen and oxygen atoms in total. The molecule has 0 aliphatic heterocycles. The van der Waals surface area contributed by atoms with Gasteiger partial charge in [0.1, 0.15) is 26.4 Å². The third kappa shape index (κ3) is 7.15. The van der Waals surface area contributed by atoms with E-state index < -0.39 is 0 Å². The molecular weight excluding hydrogens is 632 g/mol. The lowest BCUT2D eigenvalue weighted by molar-refractivity contribution is 0.628. The highest BCUT2D eigenvalue weighted by Crippen LogP contribution is 2.29. The highest BCUT2D eigenvalue weighted by molar-refractivity contribution is 9.11. The zero-order valence-electron chi connectivity index (χ0n) is 21.5. The van der Waals surface area contributed by atoms with E-state index in [9.17, 15) is 0 Å². The summed E-state index contributed by atoms with van der Waals surface area (Å²) in [5, 5.41) is 18.9. The lowest BCUT2D eigenvalue weighted by atomic mass is 10.1. The maximum atomic E-state index is 5.87. The number of halogens is 2. The standard InChI is InChI=1S/C12H13BrN8.C11H15BrN6/c13-9-10(15-6-3-14)18-12(21-8-2-5-17-21)19-11(9)20-7-1-4-16-20;1-11(2,3)17-9-7(12)8(13)15-10(16-9)18-6-4-5-14-18/h1-2,4-5,7-8H,3,6,14H2,(H,15,18,19);4-6H,1-3H3,(H3,13,15,16,17). The monoisotopic (exact) mass is 658 g/mol. The zero-order chi connectivity index (χ0) is 28.0. The molecule has 39 heavy (non-hydrogen) atoms. The van der Waals surface area contributed by atoms with Gasteiger partial charge in [-0.25, -0.2) is 14.0 Å². The molecule has 0 fully saturated rings. The van der Waals surface area contributed by atoms with Crippen LogP contribution in [0.25, 0.3) is 17.7 Å². The number of nitrogens with two attached hydrogens (primary N) is 2. The molecule has 0 unspecified atom stereocenters. The molecule has 5 aromatic heterocycles. The van der Waals surface area contributed by atoms with Crippen LogP contribution in [-0.2, 0) is 0 Å². The van der Waals surface area contributed by atoms with Crippen molar-refractivity contribution < 1.29 is 0 Å². The van der Waals surface area contributed by atoms with Crippen LogP contribution in [0.3, 0.4) is 0 Å². The van der Waals surface area contributed by atoms with Crippen LogP contribution in [0, 0.1) is 0 Å². The summed E-state index contributed by atoms with van der Waals surface area (Å²) < 4.78 is 6.19. The summed E-state index contributed by atoms with van der Waals surface area (Å²) in [6.45, 7) is 7.25. The summed E-state index contributed by atoms with van der Waals surface area (Å²) in [6, 6.07) is 5.44. The molecule has 0 amide bonds. The molecule has 0 saturated heterocycles. The number of nitrogens with one attached hydrogen (secondary N) is 2. The van der Waals surface area contributed by atoms with Gasteiger partial charge in [-0.05, 0) is 70.8 Å². The van der Waals surface area contributed by atoms with Crippen LogP contribution in [0.1, 0.15) is 20.8 Å². The molecule has 16 heteroatoms. The minimum absolute atomic E-state index is 0.120. The van der Waals surface area contributed by atoms with Gasteiger partial charge in [0.15, 0.2) is 5.82 Å². The molecule has 204 valence electrons. The summed E-state index contributed by atoms with van der Waals surface area (Å²) in [6.07, 6.45) is 10.4. The van der Waals surface area contributed by atoms with Crippen LogP contribution < -0.4 is 22.1 Å². The quantitative estimate of drug-likeness (QED) is 0.201. The maximum Gasteiger partial charge on any atom is 0.254 e. The molecule has 0 atom stereocenters. The van der Waals surface area contributed by atoms with Crippen molar-refractivity contribution in [2.75, 3.05) is 29.5 Å². The molecule has 0 radical (unpaired) electrons. The van der Waals surface area contributed by atoms with Gasteiger partial charge in [0, 0.05) is 55.8 Å². The maximum absolute atomic E-state index is 5.87. The van der Waals surface area contributed by atoms with Crippen LogP contribution in [0.5, 0.6) is 0 Å². The molecule has 5 rings (SSSR count). The zero-order valence-corrected chi connectivity index (χ0v) is 24.7. The van der Waals surface area contributed by atoms with Crippen LogP contribution in [0.4, 0.5) is 17.5 Å². The summed E-state index contributed by atoms with van der Waals surface area (Å²) in [7, 11) is 0. The lowest BCUT2D eigenvalue weighted by Crippen LogP contribution is -2.27. The van der Waals surface area contributed by atoms with Gasteiger partial charge in [0.2, 0.25) is 0 Å². The van der Waals surface area contributed by atoms with Crippen LogP contribution in [0.2, 0.25) is 0 Å². The fourth-order valence-electron chi connectivity index (χ4n) is 3.15. The van der Waals surface area contributed by atoms with E-state index in [0.717, 1.165) is 4.47 Å². The average molecular weight is 660 g/mol. The van der Waals surface area contributed by atoms with Gasteiger partial charge >= 0.3 is 0 Å². The normalized spacial score (nSPS) is 11.1. The van der Waals surface area contributed by atoms with Crippen LogP contribution in [0.15, 0.2) is 64.3 Å². The molecule has 5 heterocycles. The van der Waals surface area contributed by atoms with Gasteiger partial charge in [-0.3, -0.25) is 0 Å². The number of aromatic nitrogens is 10. The average Bonchev–Trinajstić information content (AvgIpc) is 3.69. The van der Waals surface area contributed by atoms with Crippen molar-refractivity contribution in [1.29, 1.82) is 0 Å². The fourth-order valence-corrected chi connectivity index (χ4v) is 3.92. The molecule has 6 N–H and O–H groups in total. The van der Waals surface area contributed by atoms with E-state index in [4.69, 9.17) is 11.5 Å². The summed E-state index contributed by atoms with van der Waals surface area (Å²) >= 11 is 6.90. The second-order valence-corrected chi connectivity index (χ2v) is 10.6. The van der Waals surface area contributed by atoms with Crippen molar-refractivity contribution >= 4 is 49.3 Å². The van der Waals surface area contributed by atoms with Gasteiger partial charge in [-0.15, -0.1) is 0 Å². The predicted molar refractivity (Wildman–Crippen MR) is 156 cm³/mol. The molecule has 0 saturated carbocycles. The Bertz CT molecular complexity index is 1480. The topological polar surface area (TPSA) is 181 Å². The Morgan fingerprint density at radius 1 is 0.769 bits per heavy atom. The molecule has 0 bridgehead atoms. The summed E-state index contributed by atoms with van der Waals surface area (Å²) in [4.78, 5) is 17.6. The van der Waals surface area contributed by atoms with Crippen molar-refractivity contribution in [1.82, 2.24) is 49.3 Å². The third-order valence-electron chi connectivity index (χ3n) is 4.76. The number of hydrogen-bond donors (Lipinski definition) is 4. The first-order chi connectivity index (χ1) is 18.7. The minimum Gasteiger partial charge on any atom is -0.383 e. The van der Waals surface area contributed by atoms with Crippen molar-refractivity contribution in [3.8, 4) is 17.7 Å². The Morgan fingerprint density at radius 3 is 1.82 bits per heavy atom. The Hall–Kier alpha value is -3.89. The Labute approximate surface area is 241 Å². The van der Waals surface area contributed by atoms with Gasteiger partial charge in [0.05, 0.1) is 0 Å². The highest BCUT2D eigenvalue weighted by atomic mass is 79.9. The number of hydrogen-bond acceptors (Lipinski definition) is 11. The Kier molecular flexibility index (Phi) is 8.88. The molecule has 0 aliphatic rings. The second-order valence-electron chi connectivity index (χ2n) is 9.02. The van der Waals surface area contributed by atoms with Crippen molar-refractivity contribution in [3.05, 3.63) is 64.3 Å². The third-order valence-corrected chi connectivity index (χ3v) is 6.27. The Morgan fingerprint density at radius 2 is 1.31 bits per heavy atom. The van der Waals surface area contributed by atoms with E-state index >= 15 is 0 Å². The first kappa shape index (κ1) is 28.1. The number of anilines is 3. The first-order valence-corrected chi connectivity index (χ1v) is 13.4. The van der Waals surface area contributed by atoms with Crippen LogP contribution in [-0.4, -0.2) is 67.9 Å². The predicted octanol–water partition coefficient (Wildman–Crippen LogP) is 3.20. The van der Waals surface area contributed by atoms with Crippen LogP contribution >= 0.6 is 31.9 Å². The van der Waals surface area contributed by atoms with Crippen molar-refractivity contribution in [2.24, 2.45) is 5.73 Å². The minimum atomic E-state index is -0.120. The van der Waals surface area contributed by atoms with Gasteiger partial charge in [-0.2, -0.15) is 35.2 Å². The van der Waals surface area contributed by atoms with E-state index in [1.54, 1.807) is 51.1 Å². The lowest BCUT2D eigenvalue weighted by Gasteiger charge is -2.22. The van der Waals surface area contributed by atoms with Gasteiger partial charge in [0.25, 0.3) is 11.9 Å². The van der Waals surface area contributed by atoms with E-state index in [1.807, 2.05) is 39.1 Å². The fraction of sp³-hybridized carbons (Fsp3) is 0.261.